The SMILES string of the molecule is O=C(C1CCN(c2ccccc2S(=O)(=O)C(F)F)CC1)N1CCc2ccccc21. The first-order chi connectivity index (χ1) is 13.9. The van der Waals surface area contributed by atoms with Gasteiger partial charge in [0.1, 0.15) is 0 Å². The average Bonchev–Trinajstić information content (AvgIpc) is 3.17. The molecule has 2 aliphatic rings. The summed E-state index contributed by atoms with van der Waals surface area (Å²) in [6.07, 6.45) is 1.96. The van der Waals surface area contributed by atoms with Crippen molar-refractivity contribution in [3.8, 4) is 0 Å². The first kappa shape index (κ1) is 19.8. The van der Waals surface area contributed by atoms with Crippen LogP contribution in [0.4, 0.5) is 20.2 Å². The lowest BCUT2D eigenvalue weighted by Gasteiger charge is -2.35. The predicted octanol–water partition coefficient (Wildman–Crippen LogP) is 3.49. The molecule has 8 heteroatoms. The van der Waals surface area contributed by atoms with Crippen LogP contribution in [-0.4, -0.2) is 39.7 Å². The molecule has 5 nitrogen and oxygen atoms in total. The van der Waals surface area contributed by atoms with Crippen LogP contribution in [0.5, 0.6) is 0 Å². The van der Waals surface area contributed by atoms with Crippen molar-refractivity contribution in [2.75, 3.05) is 29.4 Å². The Labute approximate surface area is 168 Å². The fourth-order valence-corrected chi connectivity index (χ4v) is 5.16. The van der Waals surface area contributed by atoms with Crippen LogP contribution in [0.25, 0.3) is 0 Å². The van der Waals surface area contributed by atoms with Gasteiger partial charge in [0.2, 0.25) is 15.7 Å². The fraction of sp³-hybridized carbons (Fsp3) is 0.381. The number of sulfone groups is 1. The van der Waals surface area contributed by atoms with Gasteiger partial charge in [-0.1, -0.05) is 30.3 Å². The molecule has 1 amide bonds. The number of hydrogen-bond donors (Lipinski definition) is 0. The van der Waals surface area contributed by atoms with Crippen LogP contribution in [0.15, 0.2) is 53.4 Å². The smallest absolute Gasteiger partial charge is 0.341 e. The molecule has 154 valence electrons. The maximum atomic E-state index is 13.1. The number of carbonyl (C=O) groups excluding carboxylic acids is 1. The molecular weight excluding hydrogens is 398 g/mol. The molecule has 4 rings (SSSR count). The molecule has 0 saturated carbocycles. The standard InChI is InChI=1S/C21H22F2N2O3S/c22-21(23)29(27,28)19-8-4-3-7-18(19)24-12-9-16(10-13-24)20(26)25-14-11-15-5-1-2-6-17(15)25/h1-8,16,21H,9-14H2. The topological polar surface area (TPSA) is 57.7 Å². The summed E-state index contributed by atoms with van der Waals surface area (Å²) in [5.74, 6) is -3.53. The van der Waals surface area contributed by atoms with E-state index in [2.05, 4.69) is 0 Å². The average molecular weight is 420 g/mol. The van der Waals surface area contributed by atoms with Gasteiger partial charge in [0, 0.05) is 31.2 Å². The van der Waals surface area contributed by atoms with E-state index in [1.165, 1.54) is 17.7 Å². The summed E-state index contributed by atoms with van der Waals surface area (Å²) in [7, 11) is -4.68. The summed E-state index contributed by atoms with van der Waals surface area (Å²) in [6.45, 7) is 1.57. The van der Waals surface area contributed by atoms with Crippen molar-refractivity contribution in [2.45, 2.75) is 29.9 Å². The molecular formula is C21H22F2N2O3S. The quantitative estimate of drug-likeness (QED) is 0.760. The Kier molecular flexibility index (Phi) is 5.29. The summed E-state index contributed by atoms with van der Waals surface area (Å²) < 4.78 is 50.1. The van der Waals surface area contributed by atoms with Gasteiger partial charge in [0.25, 0.3) is 0 Å². The van der Waals surface area contributed by atoms with Crippen molar-refractivity contribution in [1.29, 1.82) is 0 Å². The Morgan fingerprint density at radius 2 is 1.55 bits per heavy atom. The molecule has 29 heavy (non-hydrogen) atoms. The molecule has 2 aliphatic heterocycles. The van der Waals surface area contributed by atoms with Crippen LogP contribution in [-0.2, 0) is 21.1 Å². The number of rotatable bonds is 4. The van der Waals surface area contributed by atoms with Gasteiger partial charge in [-0.05, 0) is 43.0 Å². The van der Waals surface area contributed by atoms with Crippen LogP contribution < -0.4 is 9.80 Å². The number of alkyl halides is 2. The van der Waals surface area contributed by atoms with E-state index in [1.54, 1.807) is 17.0 Å². The zero-order valence-electron chi connectivity index (χ0n) is 15.8. The number of piperidine rings is 1. The Morgan fingerprint density at radius 1 is 0.931 bits per heavy atom. The molecule has 0 N–H and O–H groups in total. The van der Waals surface area contributed by atoms with Crippen LogP contribution in [0, 0.1) is 5.92 Å². The number of anilines is 2. The van der Waals surface area contributed by atoms with Crippen LogP contribution >= 0.6 is 0 Å². The van der Waals surface area contributed by atoms with Gasteiger partial charge >= 0.3 is 5.76 Å². The molecule has 1 fully saturated rings. The van der Waals surface area contributed by atoms with E-state index in [9.17, 15) is 22.0 Å². The van der Waals surface area contributed by atoms with Gasteiger partial charge in [-0.15, -0.1) is 0 Å². The second-order valence-corrected chi connectivity index (χ2v) is 9.29. The van der Waals surface area contributed by atoms with E-state index in [-0.39, 0.29) is 22.4 Å². The number of carbonyl (C=O) groups is 1. The number of amides is 1. The van der Waals surface area contributed by atoms with Crippen LogP contribution in [0.1, 0.15) is 18.4 Å². The minimum Gasteiger partial charge on any atom is -0.370 e. The third-order valence-electron chi connectivity index (χ3n) is 5.74. The summed E-state index contributed by atoms with van der Waals surface area (Å²) in [5, 5.41) is 0. The van der Waals surface area contributed by atoms with E-state index in [1.807, 2.05) is 29.2 Å². The fourth-order valence-electron chi connectivity index (χ4n) is 4.21. The molecule has 0 aromatic heterocycles. The van der Waals surface area contributed by atoms with E-state index in [0.717, 1.165) is 12.1 Å². The Hall–Kier alpha value is -2.48. The lowest BCUT2D eigenvalue weighted by atomic mass is 9.94. The molecule has 0 atom stereocenters. The highest BCUT2D eigenvalue weighted by Crippen LogP contribution is 2.34. The van der Waals surface area contributed by atoms with E-state index >= 15 is 0 Å². The molecule has 0 spiro atoms. The summed E-state index contributed by atoms with van der Waals surface area (Å²) in [5.41, 5.74) is 2.42. The molecule has 0 bridgehead atoms. The summed E-state index contributed by atoms with van der Waals surface area (Å²) >= 11 is 0. The molecule has 1 saturated heterocycles. The molecule has 0 unspecified atom stereocenters. The van der Waals surface area contributed by atoms with Gasteiger partial charge in [-0.3, -0.25) is 4.79 Å². The van der Waals surface area contributed by atoms with Crippen molar-refractivity contribution >= 4 is 27.1 Å². The third-order valence-corrected chi connectivity index (χ3v) is 7.17. The Balaban J connectivity index is 1.48. The van der Waals surface area contributed by atoms with Gasteiger partial charge in [-0.25, -0.2) is 8.42 Å². The van der Waals surface area contributed by atoms with Gasteiger partial charge in [0.05, 0.1) is 10.6 Å². The van der Waals surface area contributed by atoms with Crippen molar-refractivity contribution in [2.24, 2.45) is 5.92 Å². The molecule has 2 aromatic rings. The first-order valence-electron chi connectivity index (χ1n) is 9.65. The van der Waals surface area contributed by atoms with Crippen molar-refractivity contribution in [3.05, 3.63) is 54.1 Å². The van der Waals surface area contributed by atoms with Crippen LogP contribution in [0.2, 0.25) is 0 Å². The number of halogens is 2. The number of benzene rings is 2. The van der Waals surface area contributed by atoms with Gasteiger partial charge in [-0.2, -0.15) is 8.78 Å². The first-order valence-corrected chi connectivity index (χ1v) is 11.2. The number of para-hydroxylation sites is 2. The molecule has 2 heterocycles. The van der Waals surface area contributed by atoms with Crippen molar-refractivity contribution in [3.63, 3.8) is 0 Å². The highest BCUT2D eigenvalue weighted by atomic mass is 32.2. The zero-order chi connectivity index (χ0) is 20.6. The highest BCUT2D eigenvalue weighted by Gasteiger charge is 2.35. The summed E-state index contributed by atoms with van der Waals surface area (Å²) in [4.78, 5) is 16.3. The number of fused-ring (bicyclic) bond motifs is 1. The Bertz CT molecular complexity index is 1020. The predicted molar refractivity (Wildman–Crippen MR) is 107 cm³/mol. The lowest BCUT2D eigenvalue weighted by molar-refractivity contribution is -0.122. The van der Waals surface area contributed by atoms with E-state index in [4.69, 9.17) is 0 Å². The molecule has 0 aliphatic carbocycles. The second-order valence-electron chi connectivity index (χ2n) is 7.40. The van der Waals surface area contributed by atoms with E-state index < -0.39 is 15.6 Å². The highest BCUT2D eigenvalue weighted by molar-refractivity contribution is 7.91. The maximum Gasteiger partial charge on any atom is 0.341 e. The lowest BCUT2D eigenvalue weighted by Crippen LogP contribution is -2.42. The number of nitrogens with zero attached hydrogens (tertiary/aromatic N) is 2. The minimum absolute atomic E-state index is 0.0862. The molecule has 2 aromatic carbocycles. The van der Waals surface area contributed by atoms with Gasteiger partial charge in [0.15, 0.2) is 0 Å². The third kappa shape index (κ3) is 3.61. The van der Waals surface area contributed by atoms with Crippen LogP contribution in [0.3, 0.4) is 0 Å². The molecule has 0 radical (unpaired) electrons. The number of hydrogen-bond acceptors (Lipinski definition) is 4. The zero-order valence-corrected chi connectivity index (χ0v) is 16.6. The normalized spacial score (nSPS) is 17.6. The van der Waals surface area contributed by atoms with Crippen molar-refractivity contribution < 1.29 is 22.0 Å². The maximum absolute atomic E-state index is 13.1. The Morgan fingerprint density at radius 3 is 2.24 bits per heavy atom. The van der Waals surface area contributed by atoms with Gasteiger partial charge < -0.3 is 9.80 Å². The largest absolute Gasteiger partial charge is 0.370 e. The minimum atomic E-state index is -4.68. The second kappa shape index (κ2) is 7.74. The van der Waals surface area contributed by atoms with Crippen molar-refractivity contribution in [1.82, 2.24) is 0 Å². The monoisotopic (exact) mass is 420 g/mol. The summed E-state index contributed by atoms with van der Waals surface area (Å²) in [6, 6.07) is 13.7. The van der Waals surface area contributed by atoms with E-state index in [0.29, 0.717) is 32.5 Å².